The van der Waals surface area contributed by atoms with E-state index in [0.29, 0.717) is 32.7 Å². The van der Waals surface area contributed by atoms with Gasteiger partial charge in [-0.3, -0.25) is 9.59 Å². The normalized spacial score (nSPS) is 14.7. The lowest BCUT2D eigenvalue weighted by molar-refractivity contribution is -0.140. The van der Waals surface area contributed by atoms with Gasteiger partial charge in [-0.05, 0) is 25.2 Å². The van der Waals surface area contributed by atoms with Crippen LogP contribution in [0.15, 0.2) is 60.7 Å². The van der Waals surface area contributed by atoms with Crippen molar-refractivity contribution in [1.82, 2.24) is 14.7 Å². The summed E-state index contributed by atoms with van der Waals surface area (Å²) in [6.45, 7) is 2.75. The van der Waals surface area contributed by atoms with E-state index in [4.69, 9.17) is 0 Å². The van der Waals surface area contributed by atoms with Crippen LogP contribution in [0, 0.1) is 0 Å². The molecular formula is C22H27N3O2. The lowest BCUT2D eigenvalue weighted by Gasteiger charge is -2.37. The monoisotopic (exact) mass is 365 g/mol. The van der Waals surface area contributed by atoms with Gasteiger partial charge in [0.15, 0.2) is 0 Å². The van der Waals surface area contributed by atoms with Gasteiger partial charge >= 0.3 is 0 Å². The first-order chi connectivity index (χ1) is 13.1. The van der Waals surface area contributed by atoms with E-state index in [1.54, 1.807) is 0 Å². The maximum Gasteiger partial charge on any atom is 0.236 e. The Bertz CT molecular complexity index is 714. The fourth-order valence-electron chi connectivity index (χ4n) is 3.50. The minimum absolute atomic E-state index is 0.104. The first-order valence-corrected chi connectivity index (χ1v) is 9.37. The molecule has 2 aromatic carbocycles. The molecule has 0 spiro atoms. The molecule has 0 radical (unpaired) electrons. The van der Waals surface area contributed by atoms with Gasteiger partial charge in [0.05, 0.1) is 12.5 Å². The smallest absolute Gasteiger partial charge is 0.236 e. The van der Waals surface area contributed by atoms with Gasteiger partial charge in [0.1, 0.15) is 0 Å². The third-order valence-electron chi connectivity index (χ3n) is 4.91. The highest BCUT2D eigenvalue weighted by atomic mass is 16.2. The van der Waals surface area contributed by atoms with E-state index in [2.05, 4.69) is 0 Å². The quantitative estimate of drug-likeness (QED) is 0.815. The highest BCUT2D eigenvalue weighted by Crippen LogP contribution is 2.27. The molecule has 5 nitrogen and oxygen atoms in total. The SMILES string of the molecule is CN(C)CC(=O)N1CCN(C(=O)C(c2ccccc2)c2ccccc2)CC1. The number of piperazine rings is 1. The van der Waals surface area contributed by atoms with Crippen LogP contribution in [-0.4, -0.2) is 73.3 Å². The second-order valence-electron chi connectivity index (χ2n) is 7.20. The van der Waals surface area contributed by atoms with Crippen molar-refractivity contribution in [2.24, 2.45) is 0 Å². The summed E-state index contributed by atoms with van der Waals surface area (Å²) in [5.74, 6) is -0.0849. The standard InChI is InChI=1S/C22H27N3O2/c1-23(2)17-20(26)24-13-15-25(16-14-24)22(27)21(18-9-5-3-6-10-18)19-11-7-4-8-12-19/h3-12,21H,13-17H2,1-2H3. The Balaban J connectivity index is 1.74. The van der Waals surface area contributed by atoms with Crippen molar-refractivity contribution in [2.75, 3.05) is 46.8 Å². The maximum absolute atomic E-state index is 13.4. The second-order valence-corrected chi connectivity index (χ2v) is 7.20. The first kappa shape index (κ1) is 19.1. The molecule has 0 N–H and O–H groups in total. The van der Waals surface area contributed by atoms with Crippen molar-refractivity contribution in [3.05, 3.63) is 71.8 Å². The Labute approximate surface area is 161 Å². The van der Waals surface area contributed by atoms with Crippen molar-refractivity contribution < 1.29 is 9.59 Å². The lowest BCUT2D eigenvalue weighted by atomic mass is 9.90. The summed E-state index contributed by atoms with van der Waals surface area (Å²) in [6, 6.07) is 19.8. The number of likely N-dealkylation sites (N-methyl/N-ethyl adjacent to an activating group) is 1. The number of hydrogen-bond donors (Lipinski definition) is 0. The predicted molar refractivity (Wildman–Crippen MR) is 106 cm³/mol. The zero-order valence-electron chi connectivity index (χ0n) is 16.0. The molecule has 0 aliphatic carbocycles. The number of amides is 2. The zero-order chi connectivity index (χ0) is 19.2. The topological polar surface area (TPSA) is 43.9 Å². The van der Waals surface area contributed by atoms with Gasteiger partial charge in [-0.2, -0.15) is 0 Å². The van der Waals surface area contributed by atoms with Gasteiger partial charge < -0.3 is 14.7 Å². The summed E-state index contributed by atoms with van der Waals surface area (Å²) in [5.41, 5.74) is 2.00. The van der Waals surface area contributed by atoms with Crippen molar-refractivity contribution in [1.29, 1.82) is 0 Å². The first-order valence-electron chi connectivity index (χ1n) is 9.37. The Morgan fingerprint density at radius 3 is 1.70 bits per heavy atom. The van der Waals surface area contributed by atoms with Crippen LogP contribution < -0.4 is 0 Å². The summed E-state index contributed by atoms with van der Waals surface area (Å²) in [4.78, 5) is 31.2. The largest absolute Gasteiger partial charge is 0.338 e. The van der Waals surface area contributed by atoms with Crippen LogP contribution in [0.3, 0.4) is 0 Å². The molecular weight excluding hydrogens is 338 g/mol. The Morgan fingerprint density at radius 1 is 0.815 bits per heavy atom. The van der Waals surface area contributed by atoms with Crippen molar-refractivity contribution in [3.8, 4) is 0 Å². The van der Waals surface area contributed by atoms with Crippen molar-refractivity contribution in [3.63, 3.8) is 0 Å². The fourth-order valence-corrected chi connectivity index (χ4v) is 3.50. The van der Waals surface area contributed by atoms with E-state index in [1.807, 2.05) is 89.5 Å². The number of carbonyl (C=O) groups excluding carboxylic acids is 2. The molecule has 0 atom stereocenters. The van der Waals surface area contributed by atoms with Crippen LogP contribution in [0.1, 0.15) is 17.0 Å². The third kappa shape index (κ3) is 4.74. The zero-order valence-corrected chi connectivity index (χ0v) is 16.0. The highest BCUT2D eigenvalue weighted by Gasteiger charge is 2.30. The van der Waals surface area contributed by atoms with E-state index in [-0.39, 0.29) is 17.7 Å². The number of carbonyl (C=O) groups is 2. The molecule has 1 aliphatic rings. The van der Waals surface area contributed by atoms with Gasteiger partial charge in [0, 0.05) is 26.2 Å². The average Bonchev–Trinajstić information content (AvgIpc) is 2.69. The maximum atomic E-state index is 13.4. The molecule has 2 amide bonds. The minimum Gasteiger partial charge on any atom is -0.338 e. The number of benzene rings is 2. The van der Waals surface area contributed by atoms with Gasteiger partial charge in [-0.1, -0.05) is 60.7 Å². The molecule has 0 aromatic heterocycles. The molecule has 1 fully saturated rings. The summed E-state index contributed by atoms with van der Waals surface area (Å²) in [7, 11) is 3.78. The number of rotatable bonds is 5. The van der Waals surface area contributed by atoms with Crippen LogP contribution in [0.2, 0.25) is 0 Å². The van der Waals surface area contributed by atoms with Crippen LogP contribution in [-0.2, 0) is 9.59 Å². The fraction of sp³-hybridized carbons (Fsp3) is 0.364. The molecule has 5 heteroatoms. The Kier molecular flexibility index (Phi) is 6.24. The number of nitrogens with zero attached hydrogens (tertiary/aromatic N) is 3. The van der Waals surface area contributed by atoms with Crippen LogP contribution in [0.5, 0.6) is 0 Å². The van der Waals surface area contributed by atoms with Crippen LogP contribution in [0.4, 0.5) is 0 Å². The molecule has 1 aliphatic heterocycles. The highest BCUT2D eigenvalue weighted by molar-refractivity contribution is 5.87. The molecule has 1 saturated heterocycles. The molecule has 3 rings (SSSR count). The summed E-state index contributed by atoms with van der Waals surface area (Å²) in [6.07, 6.45) is 0. The third-order valence-corrected chi connectivity index (χ3v) is 4.91. The molecule has 0 saturated carbocycles. The van der Waals surface area contributed by atoms with Crippen molar-refractivity contribution in [2.45, 2.75) is 5.92 Å². The van der Waals surface area contributed by atoms with Crippen molar-refractivity contribution >= 4 is 11.8 Å². The summed E-state index contributed by atoms with van der Waals surface area (Å²) in [5, 5.41) is 0. The molecule has 142 valence electrons. The molecule has 0 unspecified atom stereocenters. The van der Waals surface area contributed by atoms with E-state index < -0.39 is 0 Å². The summed E-state index contributed by atoms with van der Waals surface area (Å²) >= 11 is 0. The second kappa shape index (κ2) is 8.82. The van der Waals surface area contributed by atoms with E-state index in [0.717, 1.165) is 11.1 Å². The van der Waals surface area contributed by atoms with Gasteiger partial charge in [-0.25, -0.2) is 0 Å². The molecule has 2 aromatic rings. The van der Waals surface area contributed by atoms with Gasteiger partial charge in [0.2, 0.25) is 11.8 Å². The van der Waals surface area contributed by atoms with Crippen LogP contribution >= 0.6 is 0 Å². The Hall–Kier alpha value is -2.66. The molecule has 1 heterocycles. The summed E-state index contributed by atoms with van der Waals surface area (Å²) < 4.78 is 0. The van der Waals surface area contributed by atoms with Gasteiger partial charge in [0.25, 0.3) is 0 Å². The molecule has 27 heavy (non-hydrogen) atoms. The van der Waals surface area contributed by atoms with E-state index >= 15 is 0 Å². The van der Waals surface area contributed by atoms with E-state index in [9.17, 15) is 9.59 Å². The average molecular weight is 365 g/mol. The van der Waals surface area contributed by atoms with Gasteiger partial charge in [-0.15, -0.1) is 0 Å². The molecule has 0 bridgehead atoms. The number of hydrogen-bond acceptors (Lipinski definition) is 3. The van der Waals surface area contributed by atoms with E-state index in [1.165, 1.54) is 0 Å². The lowest BCUT2D eigenvalue weighted by Crippen LogP contribution is -2.53. The minimum atomic E-state index is -0.309. The predicted octanol–water partition coefficient (Wildman–Crippen LogP) is 2.05. The van der Waals surface area contributed by atoms with Crippen LogP contribution in [0.25, 0.3) is 0 Å². The Morgan fingerprint density at radius 2 is 1.26 bits per heavy atom.